The molecule has 20 heavy (non-hydrogen) atoms. The number of pyridine rings is 1. The SMILES string of the molecule is Cc1ccc(Sc2ncccc2CNC(C)(C)C)cc1. The predicted octanol–water partition coefficient (Wildman–Crippen LogP) is 4.43. The first-order valence-corrected chi connectivity index (χ1v) is 7.69. The molecule has 2 rings (SSSR count). The van der Waals surface area contributed by atoms with E-state index in [-0.39, 0.29) is 5.54 Å². The fourth-order valence-corrected chi connectivity index (χ4v) is 2.61. The van der Waals surface area contributed by atoms with Crippen LogP contribution in [0.4, 0.5) is 0 Å². The number of aromatic nitrogens is 1. The van der Waals surface area contributed by atoms with Gasteiger partial charge >= 0.3 is 0 Å². The highest BCUT2D eigenvalue weighted by Crippen LogP contribution is 2.28. The molecule has 0 fully saturated rings. The summed E-state index contributed by atoms with van der Waals surface area (Å²) in [7, 11) is 0. The van der Waals surface area contributed by atoms with E-state index in [1.807, 2.05) is 12.3 Å². The zero-order chi connectivity index (χ0) is 14.6. The Labute approximate surface area is 126 Å². The number of nitrogens with zero attached hydrogens (tertiary/aromatic N) is 1. The van der Waals surface area contributed by atoms with Gasteiger partial charge in [-0.25, -0.2) is 4.98 Å². The molecule has 0 aliphatic rings. The summed E-state index contributed by atoms with van der Waals surface area (Å²) < 4.78 is 0. The van der Waals surface area contributed by atoms with Gasteiger partial charge in [0.15, 0.2) is 0 Å². The van der Waals surface area contributed by atoms with Crippen LogP contribution >= 0.6 is 11.8 Å². The lowest BCUT2D eigenvalue weighted by molar-refractivity contribution is 0.422. The zero-order valence-corrected chi connectivity index (χ0v) is 13.4. The largest absolute Gasteiger partial charge is 0.308 e. The van der Waals surface area contributed by atoms with Crippen molar-refractivity contribution in [1.82, 2.24) is 10.3 Å². The van der Waals surface area contributed by atoms with Gasteiger partial charge in [0.1, 0.15) is 5.03 Å². The molecule has 1 aromatic heterocycles. The maximum Gasteiger partial charge on any atom is 0.105 e. The Balaban J connectivity index is 2.13. The van der Waals surface area contributed by atoms with Crippen molar-refractivity contribution in [2.45, 2.75) is 49.7 Å². The number of aryl methyl sites for hydroxylation is 1. The Morgan fingerprint density at radius 3 is 2.45 bits per heavy atom. The molecular formula is C17H22N2S. The van der Waals surface area contributed by atoms with Crippen molar-refractivity contribution in [3.05, 3.63) is 53.7 Å². The van der Waals surface area contributed by atoms with Crippen LogP contribution in [0.3, 0.4) is 0 Å². The molecule has 106 valence electrons. The van der Waals surface area contributed by atoms with Gasteiger partial charge in [-0.2, -0.15) is 0 Å². The second kappa shape index (κ2) is 6.42. The lowest BCUT2D eigenvalue weighted by Crippen LogP contribution is -2.35. The maximum absolute atomic E-state index is 4.52. The molecule has 0 bridgehead atoms. The quantitative estimate of drug-likeness (QED) is 0.900. The van der Waals surface area contributed by atoms with Crippen LogP contribution in [-0.4, -0.2) is 10.5 Å². The minimum absolute atomic E-state index is 0.113. The second-order valence-electron chi connectivity index (χ2n) is 5.99. The monoisotopic (exact) mass is 286 g/mol. The van der Waals surface area contributed by atoms with Crippen molar-refractivity contribution in [2.75, 3.05) is 0 Å². The topological polar surface area (TPSA) is 24.9 Å². The smallest absolute Gasteiger partial charge is 0.105 e. The second-order valence-corrected chi connectivity index (χ2v) is 7.05. The lowest BCUT2D eigenvalue weighted by Gasteiger charge is -2.21. The molecule has 0 atom stereocenters. The first kappa shape index (κ1) is 15.1. The van der Waals surface area contributed by atoms with Gasteiger partial charge in [-0.05, 0) is 51.5 Å². The summed E-state index contributed by atoms with van der Waals surface area (Å²) >= 11 is 1.72. The van der Waals surface area contributed by atoms with Crippen molar-refractivity contribution in [3.63, 3.8) is 0 Å². The van der Waals surface area contributed by atoms with E-state index in [0.717, 1.165) is 11.6 Å². The molecule has 1 heterocycles. The Morgan fingerprint density at radius 1 is 1.10 bits per heavy atom. The molecule has 3 heteroatoms. The molecule has 0 spiro atoms. The van der Waals surface area contributed by atoms with E-state index in [0.29, 0.717) is 0 Å². The van der Waals surface area contributed by atoms with E-state index in [4.69, 9.17) is 0 Å². The highest BCUT2D eigenvalue weighted by atomic mass is 32.2. The van der Waals surface area contributed by atoms with E-state index in [9.17, 15) is 0 Å². The molecule has 0 amide bonds. The molecule has 0 unspecified atom stereocenters. The number of hydrogen-bond donors (Lipinski definition) is 1. The third-order valence-corrected chi connectivity index (χ3v) is 3.96. The predicted molar refractivity (Wildman–Crippen MR) is 86.1 cm³/mol. The number of hydrogen-bond acceptors (Lipinski definition) is 3. The molecule has 1 N–H and O–H groups in total. The third-order valence-electron chi connectivity index (χ3n) is 2.89. The molecule has 0 aliphatic carbocycles. The van der Waals surface area contributed by atoms with Crippen LogP contribution in [0.5, 0.6) is 0 Å². The highest BCUT2D eigenvalue weighted by Gasteiger charge is 2.11. The Morgan fingerprint density at radius 2 is 1.80 bits per heavy atom. The first-order chi connectivity index (χ1) is 9.44. The summed E-state index contributed by atoms with van der Waals surface area (Å²) in [6, 6.07) is 12.7. The maximum atomic E-state index is 4.52. The average molecular weight is 286 g/mol. The average Bonchev–Trinajstić information content (AvgIpc) is 2.39. The summed E-state index contributed by atoms with van der Waals surface area (Å²) in [6.07, 6.45) is 1.86. The van der Waals surface area contributed by atoms with E-state index < -0.39 is 0 Å². The lowest BCUT2D eigenvalue weighted by atomic mass is 10.1. The van der Waals surface area contributed by atoms with Crippen molar-refractivity contribution in [2.24, 2.45) is 0 Å². The van der Waals surface area contributed by atoms with Crippen LogP contribution in [0.2, 0.25) is 0 Å². The van der Waals surface area contributed by atoms with E-state index in [1.165, 1.54) is 16.0 Å². The Bertz CT molecular complexity index is 556. The van der Waals surface area contributed by atoms with Gasteiger partial charge < -0.3 is 5.32 Å². The van der Waals surface area contributed by atoms with Crippen molar-refractivity contribution < 1.29 is 0 Å². The molecule has 0 aliphatic heterocycles. The summed E-state index contributed by atoms with van der Waals surface area (Å²) in [5, 5.41) is 4.60. The molecule has 2 nitrogen and oxygen atoms in total. The summed E-state index contributed by atoms with van der Waals surface area (Å²) in [5.41, 5.74) is 2.64. The summed E-state index contributed by atoms with van der Waals surface area (Å²) in [5.74, 6) is 0. The fraction of sp³-hybridized carbons (Fsp3) is 0.353. The molecule has 0 saturated heterocycles. The minimum atomic E-state index is 0.113. The van der Waals surface area contributed by atoms with Gasteiger partial charge in [0.25, 0.3) is 0 Å². The van der Waals surface area contributed by atoms with Crippen LogP contribution in [-0.2, 0) is 6.54 Å². The van der Waals surface area contributed by atoms with Crippen LogP contribution in [0.25, 0.3) is 0 Å². The molecule has 0 radical (unpaired) electrons. The highest BCUT2D eigenvalue weighted by molar-refractivity contribution is 7.99. The van der Waals surface area contributed by atoms with Crippen LogP contribution in [0.15, 0.2) is 52.5 Å². The molecule has 2 aromatic rings. The zero-order valence-electron chi connectivity index (χ0n) is 12.6. The Hall–Kier alpha value is -1.32. The summed E-state index contributed by atoms with van der Waals surface area (Å²) in [4.78, 5) is 5.75. The van der Waals surface area contributed by atoms with Gasteiger partial charge in [-0.15, -0.1) is 0 Å². The molecule has 0 saturated carbocycles. The van der Waals surface area contributed by atoms with E-state index in [2.05, 4.69) is 68.3 Å². The third kappa shape index (κ3) is 4.66. The van der Waals surface area contributed by atoms with E-state index >= 15 is 0 Å². The Kier molecular flexibility index (Phi) is 4.84. The van der Waals surface area contributed by atoms with E-state index in [1.54, 1.807) is 11.8 Å². The number of nitrogens with one attached hydrogen (secondary N) is 1. The first-order valence-electron chi connectivity index (χ1n) is 6.87. The van der Waals surface area contributed by atoms with Gasteiger partial charge in [-0.3, -0.25) is 0 Å². The number of benzene rings is 1. The standard InChI is InChI=1S/C17H22N2S/c1-13-7-9-15(10-8-13)20-16-14(6-5-11-18-16)12-19-17(2,3)4/h5-11,19H,12H2,1-4H3. The minimum Gasteiger partial charge on any atom is -0.308 e. The van der Waals surface area contributed by atoms with Crippen molar-refractivity contribution in [3.8, 4) is 0 Å². The van der Waals surface area contributed by atoms with Crippen molar-refractivity contribution >= 4 is 11.8 Å². The van der Waals surface area contributed by atoms with Gasteiger partial charge in [0.2, 0.25) is 0 Å². The molecular weight excluding hydrogens is 264 g/mol. The van der Waals surface area contributed by atoms with Gasteiger partial charge in [0.05, 0.1) is 0 Å². The number of rotatable bonds is 4. The normalized spacial score (nSPS) is 11.6. The van der Waals surface area contributed by atoms with Gasteiger partial charge in [-0.1, -0.05) is 35.5 Å². The molecule has 1 aromatic carbocycles. The van der Waals surface area contributed by atoms with Crippen LogP contribution < -0.4 is 5.32 Å². The van der Waals surface area contributed by atoms with Crippen molar-refractivity contribution in [1.29, 1.82) is 0 Å². The van der Waals surface area contributed by atoms with Crippen LogP contribution in [0, 0.1) is 6.92 Å². The fourth-order valence-electron chi connectivity index (χ4n) is 1.73. The van der Waals surface area contributed by atoms with Crippen LogP contribution in [0.1, 0.15) is 31.9 Å². The summed E-state index contributed by atoms with van der Waals surface area (Å²) in [6.45, 7) is 9.47. The van der Waals surface area contributed by atoms with Gasteiger partial charge in [0, 0.05) is 23.2 Å².